The van der Waals surface area contributed by atoms with Gasteiger partial charge >= 0.3 is 6.09 Å². The highest BCUT2D eigenvalue weighted by atomic mass is 31.0. The predicted octanol–water partition coefficient (Wildman–Crippen LogP) is 1.54. The third-order valence-electron chi connectivity index (χ3n) is 2.38. The van der Waals surface area contributed by atoms with Crippen LogP contribution in [0.25, 0.3) is 0 Å². The van der Waals surface area contributed by atoms with Crippen molar-refractivity contribution in [3.63, 3.8) is 0 Å². The van der Waals surface area contributed by atoms with Gasteiger partial charge in [-0.05, 0) is 33.2 Å². The van der Waals surface area contributed by atoms with Crippen molar-refractivity contribution in [1.29, 1.82) is 0 Å². The molecule has 1 amide bonds. The summed E-state index contributed by atoms with van der Waals surface area (Å²) in [5.41, 5.74) is 5.19. The summed E-state index contributed by atoms with van der Waals surface area (Å²) in [7, 11) is 4.19. The summed E-state index contributed by atoms with van der Waals surface area (Å²) in [5, 5.41) is 5.57. The van der Waals surface area contributed by atoms with E-state index >= 15 is 0 Å². The van der Waals surface area contributed by atoms with Crippen molar-refractivity contribution in [1.82, 2.24) is 10.6 Å². The Morgan fingerprint density at radius 3 is 2.24 bits per heavy atom. The number of rotatable bonds is 9. The number of amides is 1. The Balaban J connectivity index is -0.000000739. The van der Waals surface area contributed by atoms with E-state index in [-0.39, 0.29) is 18.4 Å². The van der Waals surface area contributed by atoms with Gasteiger partial charge < -0.3 is 21.1 Å². The van der Waals surface area contributed by atoms with Gasteiger partial charge in [0.05, 0.1) is 6.04 Å². The second kappa shape index (κ2) is 21.6. The summed E-state index contributed by atoms with van der Waals surface area (Å²) in [6.07, 6.45) is 2.05. The SMILES string of the molecule is CC.CNC(CCCCNC(=O)OCCN)C(C)=O.CP. The summed E-state index contributed by atoms with van der Waals surface area (Å²) in [4.78, 5) is 22.1. The molecule has 0 bridgehead atoms. The Labute approximate surface area is 132 Å². The molecule has 21 heavy (non-hydrogen) atoms. The molecule has 0 saturated heterocycles. The van der Waals surface area contributed by atoms with E-state index in [1.807, 2.05) is 20.5 Å². The Morgan fingerprint density at radius 1 is 1.24 bits per heavy atom. The smallest absolute Gasteiger partial charge is 0.407 e. The summed E-state index contributed by atoms with van der Waals surface area (Å²) in [6.45, 7) is 8.61. The molecule has 0 spiro atoms. The molecule has 0 aromatic carbocycles. The van der Waals surface area contributed by atoms with Crippen LogP contribution in [0.3, 0.4) is 0 Å². The van der Waals surface area contributed by atoms with Gasteiger partial charge in [0.25, 0.3) is 0 Å². The summed E-state index contributed by atoms with van der Waals surface area (Å²) < 4.78 is 4.74. The number of carbonyl (C=O) groups excluding carboxylic acids is 2. The average molecular weight is 323 g/mol. The molecule has 0 rings (SSSR count). The maximum Gasteiger partial charge on any atom is 0.407 e. The van der Waals surface area contributed by atoms with Gasteiger partial charge in [-0.25, -0.2) is 4.79 Å². The van der Waals surface area contributed by atoms with Crippen molar-refractivity contribution in [3.8, 4) is 0 Å². The molecule has 0 aliphatic carbocycles. The fraction of sp³-hybridized carbons (Fsp3) is 0.857. The molecule has 7 heteroatoms. The third kappa shape index (κ3) is 19.3. The number of nitrogens with two attached hydrogens (primary N) is 1. The Kier molecular flexibility index (Phi) is 26.0. The van der Waals surface area contributed by atoms with Gasteiger partial charge in [0, 0.05) is 13.1 Å². The van der Waals surface area contributed by atoms with Crippen LogP contribution >= 0.6 is 9.24 Å². The van der Waals surface area contributed by atoms with E-state index in [9.17, 15) is 9.59 Å². The van der Waals surface area contributed by atoms with Crippen molar-refractivity contribution < 1.29 is 14.3 Å². The van der Waals surface area contributed by atoms with Crippen LogP contribution in [0.4, 0.5) is 4.79 Å². The van der Waals surface area contributed by atoms with Gasteiger partial charge in [0.15, 0.2) is 0 Å². The first-order valence-electron chi connectivity index (χ1n) is 7.48. The standard InChI is InChI=1S/C11H23N3O3.C2H6.CH5P/c1-9(15)10(13-2)5-3-4-7-14-11(16)17-8-6-12;2*1-2/h10,13H,3-8,12H2,1-2H3,(H,14,16);1-2H3;2H2,1H3. The quantitative estimate of drug-likeness (QED) is 0.442. The first kappa shape index (κ1) is 25.3. The minimum atomic E-state index is -0.438. The van der Waals surface area contributed by atoms with Gasteiger partial charge in [0.2, 0.25) is 0 Å². The normalized spacial score (nSPS) is 10.2. The van der Waals surface area contributed by atoms with E-state index in [0.717, 1.165) is 19.3 Å². The van der Waals surface area contributed by atoms with Gasteiger partial charge in [-0.1, -0.05) is 20.5 Å². The van der Waals surface area contributed by atoms with Crippen molar-refractivity contribution in [2.75, 3.05) is 33.4 Å². The lowest BCUT2D eigenvalue weighted by molar-refractivity contribution is -0.119. The molecule has 128 valence electrons. The fourth-order valence-electron chi connectivity index (χ4n) is 1.42. The largest absolute Gasteiger partial charge is 0.448 e. The van der Waals surface area contributed by atoms with Crippen LogP contribution < -0.4 is 16.4 Å². The molecule has 2 atom stereocenters. The van der Waals surface area contributed by atoms with Gasteiger partial charge in [-0.3, -0.25) is 4.79 Å². The van der Waals surface area contributed by atoms with E-state index in [0.29, 0.717) is 13.1 Å². The highest BCUT2D eigenvalue weighted by Gasteiger charge is 2.10. The number of alkyl carbamates (subject to hydrolysis) is 1. The number of hydrogen-bond acceptors (Lipinski definition) is 5. The third-order valence-corrected chi connectivity index (χ3v) is 2.38. The zero-order valence-corrected chi connectivity index (χ0v) is 15.4. The topological polar surface area (TPSA) is 93.4 Å². The number of likely N-dealkylation sites (N-methyl/N-ethyl adjacent to an activating group) is 1. The van der Waals surface area contributed by atoms with Crippen molar-refractivity contribution >= 4 is 21.1 Å². The molecule has 0 aliphatic rings. The molecule has 2 unspecified atom stereocenters. The number of nitrogens with one attached hydrogen (secondary N) is 2. The van der Waals surface area contributed by atoms with Gasteiger partial charge in [-0.2, -0.15) is 0 Å². The summed E-state index contributed by atoms with van der Waals surface area (Å²) >= 11 is 0. The highest BCUT2D eigenvalue weighted by molar-refractivity contribution is 7.15. The monoisotopic (exact) mass is 323 g/mol. The van der Waals surface area contributed by atoms with Crippen LogP contribution in [0.2, 0.25) is 0 Å². The minimum Gasteiger partial charge on any atom is -0.448 e. The number of ketones is 1. The van der Waals surface area contributed by atoms with Gasteiger partial charge in [0.1, 0.15) is 12.4 Å². The van der Waals surface area contributed by atoms with Crippen LogP contribution in [0.5, 0.6) is 0 Å². The summed E-state index contributed by atoms with van der Waals surface area (Å²) in [5.74, 6) is 0.141. The number of hydrogen-bond donors (Lipinski definition) is 3. The number of Topliss-reactive ketones (excluding diaryl/α,β-unsaturated/α-hetero) is 1. The van der Waals surface area contributed by atoms with Crippen LogP contribution in [0.15, 0.2) is 0 Å². The molecule has 0 aliphatic heterocycles. The molecular formula is C14H34N3O3P. The molecular weight excluding hydrogens is 289 g/mol. The van der Waals surface area contributed by atoms with E-state index in [4.69, 9.17) is 10.5 Å². The average Bonchev–Trinajstić information content (AvgIpc) is 2.52. The van der Waals surface area contributed by atoms with Crippen LogP contribution in [-0.2, 0) is 9.53 Å². The zero-order chi connectivity index (χ0) is 17.1. The minimum absolute atomic E-state index is 0.0841. The molecule has 0 radical (unpaired) electrons. The lowest BCUT2D eigenvalue weighted by Crippen LogP contribution is -2.32. The van der Waals surface area contributed by atoms with E-state index in [2.05, 4.69) is 19.9 Å². The second-order valence-corrected chi connectivity index (χ2v) is 3.80. The lowest BCUT2D eigenvalue weighted by Gasteiger charge is -2.12. The van der Waals surface area contributed by atoms with Crippen LogP contribution in [0.1, 0.15) is 40.0 Å². The molecule has 0 fully saturated rings. The van der Waals surface area contributed by atoms with Crippen molar-refractivity contribution in [2.45, 2.75) is 46.1 Å². The molecule has 6 nitrogen and oxygen atoms in total. The molecule has 0 heterocycles. The number of ether oxygens (including phenoxy) is 1. The maximum absolute atomic E-state index is 11.1. The Bertz CT molecular complexity index is 242. The molecule has 0 saturated carbocycles. The predicted molar refractivity (Wildman–Crippen MR) is 92.8 cm³/mol. The molecule has 4 N–H and O–H groups in total. The van der Waals surface area contributed by atoms with Crippen molar-refractivity contribution in [2.24, 2.45) is 5.73 Å². The van der Waals surface area contributed by atoms with Gasteiger partial charge in [-0.15, -0.1) is 9.24 Å². The number of unbranched alkanes of at least 4 members (excludes halogenated alkanes) is 1. The summed E-state index contributed by atoms with van der Waals surface area (Å²) in [6, 6.07) is -0.0841. The Morgan fingerprint density at radius 2 is 1.81 bits per heavy atom. The highest BCUT2D eigenvalue weighted by Crippen LogP contribution is 2.01. The molecule has 0 aromatic rings. The van der Waals surface area contributed by atoms with Crippen LogP contribution in [0, 0.1) is 0 Å². The van der Waals surface area contributed by atoms with E-state index in [1.54, 1.807) is 14.0 Å². The molecule has 0 aromatic heterocycles. The Hall–Kier alpha value is -0.710. The zero-order valence-electron chi connectivity index (χ0n) is 14.2. The van der Waals surface area contributed by atoms with E-state index < -0.39 is 6.09 Å². The first-order chi connectivity index (χ1) is 10.1. The second-order valence-electron chi connectivity index (χ2n) is 3.80. The fourth-order valence-corrected chi connectivity index (χ4v) is 1.42. The van der Waals surface area contributed by atoms with Crippen LogP contribution in [-0.4, -0.2) is 51.3 Å². The first-order valence-corrected chi connectivity index (χ1v) is 8.63. The van der Waals surface area contributed by atoms with Crippen molar-refractivity contribution in [3.05, 3.63) is 0 Å². The van der Waals surface area contributed by atoms with E-state index in [1.165, 1.54) is 0 Å². The lowest BCUT2D eigenvalue weighted by atomic mass is 10.1. The number of carbonyl (C=O) groups is 2. The maximum atomic E-state index is 11.1.